The van der Waals surface area contributed by atoms with Crippen molar-refractivity contribution < 1.29 is 19.2 Å². The molecule has 1 rings (SSSR count). The molecule has 0 saturated heterocycles. The van der Waals surface area contributed by atoms with E-state index in [2.05, 4.69) is 10.1 Å². The molecule has 0 spiro atoms. The number of hydrogen-bond acceptors (Lipinski definition) is 5. The fourth-order valence-corrected chi connectivity index (χ4v) is 2.14. The van der Waals surface area contributed by atoms with E-state index in [0.717, 1.165) is 0 Å². The van der Waals surface area contributed by atoms with Gasteiger partial charge < -0.3 is 20.3 Å². The molecule has 0 aromatic carbocycles. The van der Waals surface area contributed by atoms with Crippen molar-refractivity contribution in [3.8, 4) is 0 Å². The highest BCUT2D eigenvalue weighted by molar-refractivity contribution is 6.02. The van der Waals surface area contributed by atoms with Gasteiger partial charge in [-0.2, -0.15) is 0 Å². The van der Waals surface area contributed by atoms with Crippen LogP contribution in [0.4, 0.5) is 0 Å². The summed E-state index contributed by atoms with van der Waals surface area (Å²) in [5.41, 5.74) is 7.46. The zero-order chi connectivity index (χ0) is 16.9. The molecular weight excluding hydrogens is 286 g/mol. The number of nitrogens with one attached hydrogen (secondary N) is 1. The fourth-order valence-electron chi connectivity index (χ4n) is 2.14. The minimum absolute atomic E-state index is 0.250. The Morgan fingerprint density at radius 1 is 1.32 bits per heavy atom. The fraction of sp³-hybridized carbons (Fsp3) is 0.533. The average Bonchev–Trinajstić information content (AvgIpc) is 2.72. The van der Waals surface area contributed by atoms with Crippen LogP contribution in [0, 0.1) is 19.8 Å². The smallest absolute Gasteiger partial charge is 0.339 e. The Balaban J connectivity index is 2.77. The maximum Gasteiger partial charge on any atom is 0.339 e. The molecule has 0 atom stereocenters. The zero-order valence-corrected chi connectivity index (χ0v) is 13.6. The van der Waals surface area contributed by atoms with Gasteiger partial charge in [-0.15, -0.1) is 0 Å². The number of aryl methyl sites for hydroxylation is 1. The maximum absolute atomic E-state index is 12.1. The molecule has 0 amide bonds. The van der Waals surface area contributed by atoms with E-state index in [1.807, 2.05) is 13.8 Å². The zero-order valence-electron chi connectivity index (χ0n) is 13.6. The van der Waals surface area contributed by atoms with Gasteiger partial charge in [-0.05, 0) is 25.3 Å². The number of aromatic amines is 1. The maximum atomic E-state index is 12.1. The minimum Gasteiger partial charge on any atom is -0.465 e. The lowest BCUT2D eigenvalue weighted by atomic mass is 10.1. The summed E-state index contributed by atoms with van der Waals surface area (Å²) in [5.74, 6) is -0.0846. The van der Waals surface area contributed by atoms with Crippen molar-refractivity contribution in [2.75, 3.05) is 13.7 Å². The van der Waals surface area contributed by atoms with Crippen molar-refractivity contribution in [3.63, 3.8) is 0 Å². The van der Waals surface area contributed by atoms with Crippen LogP contribution < -0.4 is 5.73 Å². The first-order valence-corrected chi connectivity index (χ1v) is 7.02. The number of methoxy groups -OCH3 is 1. The Hall–Kier alpha value is -2.31. The number of oxime groups is 1. The first-order chi connectivity index (χ1) is 10.3. The highest BCUT2D eigenvalue weighted by atomic mass is 16.6. The number of nitrogens with two attached hydrogens (primary N) is 1. The quantitative estimate of drug-likeness (QED) is 0.263. The number of nitrogens with zero attached hydrogens (tertiary/aromatic N) is 1. The van der Waals surface area contributed by atoms with Crippen LogP contribution in [-0.2, 0) is 9.57 Å². The summed E-state index contributed by atoms with van der Waals surface area (Å²) in [7, 11) is 1.30. The van der Waals surface area contributed by atoms with Crippen molar-refractivity contribution in [1.82, 2.24) is 4.98 Å². The molecule has 0 aliphatic carbocycles. The van der Waals surface area contributed by atoms with Crippen molar-refractivity contribution in [2.24, 2.45) is 16.8 Å². The van der Waals surface area contributed by atoms with E-state index in [4.69, 9.17) is 15.3 Å². The van der Waals surface area contributed by atoms with Crippen LogP contribution in [-0.4, -0.2) is 36.3 Å². The average molecular weight is 309 g/mol. The summed E-state index contributed by atoms with van der Waals surface area (Å²) >= 11 is 0. The molecule has 3 N–H and O–H groups in total. The van der Waals surface area contributed by atoms with E-state index >= 15 is 0 Å². The van der Waals surface area contributed by atoms with E-state index in [1.54, 1.807) is 13.8 Å². The summed E-state index contributed by atoms with van der Waals surface area (Å²) < 4.78 is 4.70. The van der Waals surface area contributed by atoms with Gasteiger partial charge in [-0.1, -0.05) is 19.0 Å². The second-order valence-corrected chi connectivity index (χ2v) is 5.49. The van der Waals surface area contributed by atoms with Crippen LogP contribution >= 0.6 is 0 Å². The molecule has 22 heavy (non-hydrogen) atoms. The number of carbonyl (C=O) groups is 2. The first-order valence-electron chi connectivity index (χ1n) is 7.02. The lowest BCUT2D eigenvalue weighted by Gasteiger charge is -2.04. The highest BCUT2D eigenvalue weighted by Gasteiger charge is 2.22. The largest absolute Gasteiger partial charge is 0.465 e. The standard InChI is InChI=1S/C15H23N3O4/c1-8(2)6-12(16)18-22-7-11(19)14-9(3)13(10(4)17-14)15(20)21-5/h8,17H,6-7H2,1-5H3,(H2,16,18). The van der Waals surface area contributed by atoms with Crippen LogP contribution in [0.15, 0.2) is 5.16 Å². The molecular formula is C15H23N3O4. The van der Waals surface area contributed by atoms with Gasteiger partial charge in [0.2, 0.25) is 5.78 Å². The number of hydrogen-bond donors (Lipinski definition) is 2. The normalized spacial score (nSPS) is 11.6. The van der Waals surface area contributed by atoms with Gasteiger partial charge >= 0.3 is 5.97 Å². The second kappa shape index (κ2) is 7.63. The van der Waals surface area contributed by atoms with E-state index < -0.39 is 5.97 Å². The van der Waals surface area contributed by atoms with Gasteiger partial charge in [0.1, 0.15) is 5.84 Å². The molecule has 0 fully saturated rings. The molecule has 7 heteroatoms. The van der Waals surface area contributed by atoms with Crippen LogP contribution in [0.5, 0.6) is 0 Å². The van der Waals surface area contributed by atoms with E-state index in [-0.39, 0.29) is 12.4 Å². The summed E-state index contributed by atoms with van der Waals surface area (Å²) in [6, 6.07) is 0. The van der Waals surface area contributed by atoms with Crippen LogP contribution in [0.25, 0.3) is 0 Å². The minimum atomic E-state index is -0.481. The molecule has 122 valence electrons. The Kier molecular flexibility index (Phi) is 6.15. The number of rotatable bonds is 7. The number of Topliss-reactive ketones (excluding diaryl/α,β-unsaturated/α-hetero) is 1. The Labute approximate surface area is 129 Å². The molecule has 1 aromatic heterocycles. The lowest BCUT2D eigenvalue weighted by molar-refractivity contribution is 0.0599. The molecule has 1 aromatic rings. The number of ether oxygens (including phenoxy) is 1. The van der Waals surface area contributed by atoms with Crippen molar-refractivity contribution in [1.29, 1.82) is 0 Å². The van der Waals surface area contributed by atoms with E-state index in [9.17, 15) is 9.59 Å². The molecule has 0 unspecified atom stereocenters. The van der Waals surface area contributed by atoms with Gasteiger partial charge in [0.25, 0.3) is 0 Å². The molecule has 0 aliphatic rings. The second-order valence-electron chi connectivity index (χ2n) is 5.49. The van der Waals surface area contributed by atoms with Gasteiger partial charge in [0, 0.05) is 12.1 Å². The molecule has 1 heterocycles. The number of carbonyl (C=O) groups excluding carboxylic acids is 2. The van der Waals surface area contributed by atoms with Crippen molar-refractivity contribution >= 4 is 17.6 Å². The van der Waals surface area contributed by atoms with Gasteiger partial charge in [0.15, 0.2) is 6.61 Å². The van der Waals surface area contributed by atoms with E-state index in [0.29, 0.717) is 40.7 Å². The third kappa shape index (κ3) is 4.34. The van der Waals surface area contributed by atoms with Crippen LogP contribution in [0.3, 0.4) is 0 Å². The van der Waals surface area contributed by atoms with Crippen LogP contribution in [0.1, 0.15) is 52.4 Å². The Morgan fingerprint density at radius 2 is 1.95 bits per heavy atom. The topological polar surface area (TPSA) is 107 Å². The predicted molar refractivity (Wildman–Crippen MR) is 83.0 cm³/mol. The number of ketones is 1. The monoisotopic (exact) mass is 309 g/mol. The predicted octanol–water partition coefficient (Wildman–Crippen LogP) is 1.94. The molecule has 0 radical (unpaired) electrons. The number of aromatic nitrogens is 1. The van der Waals surface area contributed by atoms with E-state index in [1.165, 1.54) is 7.11 Å². The number of H-pyrrole nitrogens is 1. The molecule has 0 bridgehead atoms. The highest BCUT2D eigenvalue weighted by Crippen LogP contribution is 2.19. The Morgan fingerprint density at radius 3 is 2.50 bits per heavy atom. The third-order valence-corrected chi connectivity index (χ3v) is 3.10. The third-order valence-electron chi connectivity index (χ3n) is 3.10. The molecule has 0 aliphatic heterocycles. The summed E-state index contributed by atoms with van der Waals surface area (Å²) in [6.07, 6.45) is 0.599. The summed E-state index contributed by atoms with van der Waals surface area (Å²) in [6.45, 7) is 7.15. The van der Waals surface area contributed by atoms with Gasteiger partial charge in [-0.25, -0.2) is 4.79 Å². The van der Waals surface area contributed by atoms with Gasteiger partial charge in [0.05, 0.1) is 18.4 Å². The van der Waals surface area contributed by atoms with Crippen LogP contribution in [0.2, 0.25) is 0 Å². The first kappa shape index (κ1) is 17.7. The summed E-state index contributed by atoms with van der Waals surface area (Å²) in [4.78, 5) is 31.7. The number of esters is 1. The lowest BCUT2D eigenvalue weighted by Crippen LogP contribution is -2.16. The molecule has 7 nitrogen and oxygen atoms in total. The Bertz CT molecular complexity index is 588. The summed E-state index contributed by atoms with van der Waals surface area (Å²) in [5, 5.41) is 3.71. The van der Waals surface area contributed by atoms with Gasteiger partial charge in [-0.3, -0.25) is 4.79 Å². The van der Waals surface area contributed by atoms with Crippen molar-refractivity contribution in [3.05, 3.63) is 22.5 Å². The van der Waals surface area contributed by atoms with Crippen molar-refractivity contribution in [2.45, 2.75) is 34.1 Å². The number of amidine groups is 1. The molecule has 0 saturated carbocycles. The SMILES string of the molecule is COC(=O)c1c(C)[nH]c(C(=O)CON=C(N)CC(C)C)c1C.